The molecule has 0 heterocycles. The van der Waals surface area contributed by atoms with Gasteiger partial charge in [0.25, 0.3) is 0 Å². The Labute approximate surface area is 137 Å². The Morgan fingerprint density at radius 3 is 1.32 bits per heavy atom. The summed E-state index contributed by atoms with van der Waals surface area (Å²) >= 11 is 11.7. The van der Waals surface area contributed by atoms with Crippen molar-refractivity contribution >= 4 is 45.9 Å². The molecule has 1 aliphatic rings. The molecular weight excluding hydrogens is 319 g/mol. The van der Waals surface area contributed by atoms with Crippen LogP contribution in [0.4, 0.5) is 0 Å². The fourth-order valence-electron chi connectivity index (χ4n) is 2.29. The van der Waals surface area contributed by atoms with Crippen molar-refractivity contribution in [3.63, 3.8) is 0 Å². The van der Waals surface area contributed by atoms with Crippen LogP contribution in [0.3, 0.4) is 0 Å². The lowest BCUT2D eigenvalue weighted by Crippen LogP contribution is -2.12. The summed E-state index contributed by atoms with van der Waals surface area (Å²) in [6.07, 6.45) is 2.70. The molecule has 0 atom stereocenters. The Morgan fingerprint density at radius 2 is 0.955 bits per heavy atom. The highest BCUT2D eigenvalue weighted by Gasteiger charge is 2.24. The average molecular weight is 329 g/mol. The van der Waals surface area contributed by atoms with Crippen LogP contribution in [0.25, 0.3) is 11.1 Å². The van der Waals surface area contributed by atoms with E-state index >= 15 is 0 Å². The van der Waals surface area contributed by atoms with Gasteiger partial charge in [0, 0.05) is 21.2 Å². The molecular formula is C18H10Cl2O2. The number of rotatable bonds is 2. The van der Waals surface area contributed by atoms with Crippen LogP contribution < -0.4 is 0 Å². The molecule has 0 spiro atoms. The van der Waals surface area contributed by atoms with Gasteiger partial charge in [-0.25, -0.2) is 0 Å². The molecule has 2 nitrogen and oxygen atoms in total. The lowest BCUT2D eigenvalue weighted by Gasteiger charge is -2.14. The first-order chi connectivity index (χ1) is 10.5. The van der Waals surface area contributed by atoms with E-state index in [0.717, 1.165) is 0 Å². The first kappa shape index (κ1) is 14.8. The summed E-state index contributed by atoms with van der Waals surface area (Å²) in [6, 6.07) is 13.7. The SMILES string of the molecule is O=C1C=C(c2ccc(Cl)cc2)C(=O)C(c2ccc(Cl)cc2)=C1. The van der Waals surface area contributed by atoms with Gasteiger partial charge in [0.15, 0.2) is 11.6 Å². The molecule has 1 aliphatic carbocycles. The maximum atomic E-state index is 12.7. The van der Waals surface area contributed by atoms with Gasteiger partial charge in [-0.15, -0.1) is 0 Å². The van der Waals surface area contributed by atoms with Crippen LogP contribution in [0.5, 0.6) is 0 Å². The van der Waals surface area contributed by atoms with Crippen molar-refractivity contribution in [2.75, 3.05) is 0 Å². The van der Waals surface area contributed by atoms with Crippen LogP contribution in [-0.4, -0.2) is 11.6 Å². The van der Waals surface area contributed by atoms with Crippen molar-refractivity contribution < 1.29 is 9.59 Å². The van der Waals surface area contributed by atoms with E-state index < -0.39 is 0 Å². The lowest BCUT2D eigenvalue weighted by molar-refractivity contribution is -0.112. The van der Waals surface area contributed by atoms with Crippen LogP contribution >= 0.6 is 23.2 Å². The highest BCUT2D eigenvalue weighted by Crippen LogP contribution is 2.29. The molecule has 0 unspecified atom stereocenters. The highest BCUT2D eigenvalue weighted by atomic mass is 35.5. The number of halogens is 2. The van der Waals surface area contributed by atoms with Gasteiger partial charge in [0.2, 0.25) is 0 Å². The molecule has 2 aromatic rings. The number of allylic oxidation sites excluding steroid dienone is 4. The van der Waals surface area contributed by atoms with Gasteiger partial charge in [-0.05, 0) is 47.5 Å². The number of Topliss-reactive ketones (excluding diaryl/α,β-unsaturated/α-hetero) is 1. The molecule has 4 heteroatoms. The summed E-state index contributed by atoms with van der Waals surface area (Å²) in [5.74, 6) is -0.404. The minimum atomic E-state index is -0.213. The normalized spacial score (nSPS) is 14.6. The number of ketones is 2. The molecule has 0 bridgehead atoms. The van der Waals surface area contributed by atoms with Gasteiger partial charge in [-0.1, -0.05) is 47.5 Å². The Kier molecular flexibility index (Phi) is 3.97. The standard InChI is InChI=1S/C18H10Cl2O2/c19-13-5-1-11(2-6-13)16-9-15(21)10-17(18(16)22)12-3-7-14(20)8-4-12/h1-10H. The number of carbonyl (C=O) groups excluding carboxylic acids is 2. The molecule has 108 valence electrons. The lowest BCUT2D eigenvalue weighted by atomic mass is 9.87. The summed E-state index contributed by atoms with van der Waals surface area (Å²) in [4.78, 5) is 24.6. The smallest absolute Gasteiger partial charge is 0.194 e. The molecule has 0 fully saturated rings. The van der Waals surface area contributed by atoms with E-state index in [9.17, 15) is 9.59 Å². The molecule has 0 N–H and O–H groups in total. The Bertz CT molecular complexity index is 746. The summed E-state index contributed by atoms with van der Waals surface area (Å²) in [5, 5.41) is 1.15. The van der Waals surface area contributed by atoms with E-state index in [-0.39, 0.29) is 11.6 Å². The van der Waals surface area contributed by atoms with E-state index in [1.807, 2.05) is 0 Å². The first-order valence-corrected chi connectivity index (χ1v) is 7.34. The number of carbonyl (C=O) groups is 2. The van der Waals surface area contributed by atoms with Gasteiger partial charge in [-0.2, -0.15) is 0 Å². The van der Waals surface area contributed by atoms with Crippen LogP contribution in [0.1, 0.15) is 11.1 Å². The van der Waals surface area contributed by atoms with Crippen molar-refractivity contribution in [1.82, 2.24) is 0 Å². The molecule has 0 saturated heterocycles. The van der Waals surface area contributed by atoms with Crippen molar-refractivity contribution in [1.29, 1.82) is 0 Å². The van der Waals surface area contributed by atoms with Gasteiger partial charge >= 0.3 is 0 Å². The summed E-state index contributed by atoms with van der Waals surface area (Å²) < 4.78 is 0. The third-order valence-electron chi connectivity index (χ3n) is 3.37. The van der Waals surface area contributed by atoms with Crippen molar-refractivity contribution in [2.24, 2.45) is 0 Å². The van der Waals surface area contributed by atoms with Crippen LogP contribution in [0, 0.1) is 0 Å². The Morgan fingerprint density at radius 1 is 0.591 bits per heavy atom. The molecule has 0 amide bonds. The van der Waals surface area contributed by atoms with Crippen molar-refractivity contribution in [2.45, 2.75) is 0 Å². The molecule has 3 rings (SSSR count). The first-order valence-electron chi connectivity index (χ1n) is 6.58. The summed E-state index contributed by atoms with van der Waals surface area (Å²) in [7, 11) is 0. The third kappa shape index (κ3) is 2.89. The van der Waals surface area contributed by atoms with Gasteiger partial charge in [0.1, 0.15) is 0 Å². The molecule has 0 radical (unpaired) electrons. The topological polar surface area (TPSA) is 34.1 Å². The molecule has 22 heavy (non-hydrogen) atoms. The summed E-state index contributed by atoms with van der Waals surface area (Å²) in [5.41, 5.74) is 2.08. The fourth-order valence-corrected chi connectivity index (χ4v) is 2.54. The number of benzene rings is 2. The minimum absolute atomic E-state index is 0.191. The largest absolute Gasteiger partial charge is 0.290 e. The maximum absolute atomic E-state index is 12.7. The predicted octanol–water partition coefficient (Wildman–Crippen LogP) is 4.61. The van der Waals surface area contributed by atoms with E-state index in [1.165, 1.54) is 12.2 Å². The highest BCUT2D eigenvalue weighted by molar-refractivity contribution is 6.48. The summed E-state index contributed by atoms with van der Waals surface area (Å²) in [6.45, 7) is 0. The molecule has 0 aliphatic heterocycles. The predicted molar refractivity (Wildman–Crippen MR) is 88.9 cm³/mol. The zero-order valence-electron chi connectivity index (χ0n) is 11.3. The minimum Gasteiger partial charge on any atom is -0.290 e. The Hall–Kier alpha value is -2.16. The fraction of sp³-hybridized carbons (Fsp3) is 0. The quantitative estimate of drug-likeness (QED) is 0.754. The second-order valence-electron chi connectivity index (χ2n) is 4.86. The van der Waals surface area contributed by atoms with Gasteiger partial charge in [0.05, 0.1) is 0 Å². The van der Waals surface area contributed by atoms with Gasteiger partial charge < -0.3 is 0 Å². The van der Waals surface area contributed by atoms with Gasteiger partial charge in [-0.3, -0.25) is 9.59 Å². The molecule has 2 aromatic carbocycles. The zero-order chi connectivity index (χ0) is 15.7. The maximum Gasteiger partial charge on any atom is 0.194 e. The molecule has 0 aromatic heterocycles. The van der Waals surface area contributed by atoms with Crippen LogP contribution in [0.15, 0.2) is 60.7 Å². The molecule has 0 saturated carbocycles. The second kappa shape index (κ2) is 5.91. The second-order valence-corrected chi connectivity index (χ2v) is 5.73. The monoisotopic (exact) mass is 328 g/mol. The van der Waals surface area contributed by atoms with E-state index in [0.29, 0.717) is 32.3 Å². The van der Waals surface area contributed by atoms with Crippen molar-refractivity contribution in [3.8, 4) is 0 Å². The van der Waals surface area contributed by atoms with E-state index in [1.54, 1.807) is 48.5 Å². The third-order valence-corrected chi connectivity index (χ3v) is 3.88. The van der Waals surface area contributed by atoms with E-state index in [4.69, 9.17) is 23.2 Å². The van der Waals surface area contributed by atoms with Crippen LogP contribution in [0.2, 0.25) is 10.0 Å². The Balaban J connectivity index is 2.02. The van der Waals surface area contributed by atoms with Crippen LogP contribution in [-0.2, 0) is 9.59 Å². The average Bonchev–Trinajstić information content (AvgIpc) is 2.51. The number of hydrogen-bond donors (Lipinski definition) is 0. The van der Waals surface area contributed by atoms with Crippen molar-refractivity contribution in [3.05, 3.63) is 81.9 Å². The number of hydrogen-bond acceptors (Lipinski definition) is 2. The van der Waals surface area contributed by atoms with E-state index in [2.05, 4.69) is 0 Å². The zero-order valence-corrected chi connectivity index (χ0v) is 12.9.